The van der Waals surface area contributed by atoms with Crippen molar-refractivity contribution in [3.05, 3.63) is 96.6 Å². The van der Waals surface area contributed by atoms with Gasteiger partial charge in [0.1, 0.15) is 0 Å². The molecule has 2 heterocycles. The molecule has 6 rings (SSSR count). The van der Waals surface area contributed by atoms with E-state index in [1.807, 2.05) is 0 Å². The number of para-hydroxylation sites is 2. The lowest BCUT2D eigenvalue weighted by Crippen LogP contribution is -2.51. The predicted octanol–water partition coefficient (Wildman–Crippen LogP) is 6.18. The highest BCUT2D eigenvalue weighted by Crippen LogP contribution is 2.56. The van der Waals surface area contributed by atoms with Crippen molar-refractivity contribution in [1.29, 1.82) is 0 Å². The highest BCUT2D eigenvalue weighted by atomic mass is 15.3. The number of benzene rings is 3. The molecule has 1 atom stereocenters. The van der Waals surface area contributed by atoms with Crippen molar-refractivity contribution in [3.8, 4) is 0 Å². The van der Waals surface area contributed by atoms with Crippen LogP contribution in [0.15, 0.2) is 91.0 Å². The van der Waals surface area contributed by atoms with Gasteiger partial charge in [-0.25, -0.2) is 0 Å². The van der Waals surface area contributed by atoms with Crippen LogP contribution >= 0.6 is 0 Å². The van der Waals surface area contributed by atoms with E-state index in [1.165, 1.54) is 38.7 Å². The van der Waals surface area contributed by atoms with Gasteiger partial charge in [-0.15, -0.1) is 0 Å². The number of aromatic amines is 1. The number of anilines is 2. The number of nitrogens with one attached hydrogen (secondary N) is 1. The Morgan fingerprint density at radius 3 is 2.58 bits per heavy atom. The van der Waals surface area contributed by atoms with Crippen LogP contribution in [0.5, 0.6) is 0 Å². The van der Waals surface area contributed by atoms with Gasteiger partial charge in [-0.3, -0.25) is 0 Å². The smallest absolute Gasteiger partial charge is 0.0943 e. The molecule has 1 aromatic heterocycles. The highest BCUT2D eigenvalue weighted by Gasteiger charge is 2.47. The fourth-order valence-electron chi connectivity index (χ4n) is 4.64. The van der Waals surface area contributed by atoms with Crippen molar-refractivity contribution in [2.75, 3.05) is 4.90 Å². The van der Waals surface area contributed by atoms with Gasteiger partial charge in [-0.2, -0.15) is 0 Å². The van der Waals surface area contributed by atoms with E-state index in [0.29, 0.717) is 0 Å². The van der Waals surface area contributed by atoms with Gasteiger partial charge < -0.3 is 9.88 Å². The average molecular weight is 334 g/mol. The van der Waals surface area contributed by atoms with Gasteiger partial charge in [-0.1, -0.05) is 60.7 Å². The molecule has 0 radical (unpaired) electrons. The van der Waals surface area contributed by atoms with Crippen LogP contribution in [-0.4, -0.2) is 4.98 Å². The third kappa shape index (κ3) is 1.66. The van der Waals surface area contributed by atoms with Gasteiger partial charge in [0.05, 0.1) is 5.54 Å². The minimum absolute atomic E-state index is 0.0505. The molecule has 0 saturated heterocycles. The van der Waals surface area contributed by atoms with Crippen molar-refractivity contribution in [2.24, 2.45) is 0 Å². The fourth-order valence-corrected chi connectivity index (χ4v) is 4.64. The molecule has 26 heavy (non-hydrogen) atoms. The summed E-state index contributed by atoms with van der Waals surface area (Å²) in [6, 6.07) is 24.1. The molecule has 1 aliphatic heterocycles. The fraction of sp³-hybridized carbons (Fsp3) is 0.0833. The lowest BCUT2D eigenvalue weighted by Gasteiger charge is -2.54. The average Bonchev–Trinajstić information content (AvgIpc) is 3.07. The molecule has 4 aromatic rings. The molecule has 1 aliphatic carbocycles. The second-order valence-electron chi connectivity index (χ2n) is 7.17. The van der Waals surface area contributed by atoms with Gasteiger partial charge in [-0.05, 0) is 36.8 Å². The van der Waals surface area contributed by atoms with Crippen LogP contribution in [0.4, 0.5) is 11.4 Å². The van der Waals surface area contributed by atoms with Crippen LogP contribution in [0.1, 0.15) is 12.0 Å². The van der Waals surface area contributed by atoms with Gasteiger partial charge >= 0.3 is 0 Å². The van der Waals surface area contributed by atoms with E-state index >= 15 is 0 Å². The van der Waals surface area contributed by atoms with Crippen molar-refractivity contribution >= 4 is 33.2 Å². The summed E-state index contributed by atoms with van der Waals surface area (Å²) in [5, 5.41) is 2.57. The Kier molecular flexibility index (Phi) is 2.63. The van der Waals surface area contributed by atoms with E-state index in [0.717, 1.165) is 6.42 Å². The number of hydrogen-bond donors (Lipinski definition) is 1. The van der Waals surface area contributed by atoms with Crippen LogP contribution in [0.25, 0.3) is 21.8 Å². The van der Waals surface area contributed by atoms with Crippen molar-refractivity contribution in [3.63, 3.8) is 0 Å². The molecule has 0 bridgehead atoms. The van der Waals surface area contributed by atoms with Crippen LogP contribution in [-0.2, 0) is 5.54 Å². The normalized spacial score (nSPS) is 20.7. The first-order valence-corrected chi connectivity index (χ1v) is 9.11. The maximum atomic E-state index is 3.53. The zero-order valence-electron chi connectivity index (χ0n) is 14.3. The molecular formula is C24H18N2. The minimum Gasteiger partial charge on any atom is -0.355 e. The number of fused-ring (bicyclic) bond motifs is 5. The minimum atomic E-state index is -0.0505. The van der Waals surface area contributed by atoms with Gasteiger partial charge in [0, 0.05) is 38.7 Å². The first-order chi connectivity index (χ1) is 12.9. The van der Waals surface area contributed by atoms with Crippen LogP contribution < -0.4 is 4.90 Å². The summed E-state index contributed by atoms with van der Waals surface area (Å²) in [4.78, 5) is 6.02. The molecule has 0 fully saturated rings. The van der Waals surface area contributed by atoms with Crippen LogP contribution in [0, 0.1) is 0 Å². The quantitative estimate of drug-likeness (QED) is 0.440. The maximum absolute atomic E-state index is 3.53. The van der Waals surface area contributed by atoms with E-state index in [4.69, 9.17) is 0 Å². The Labute approximate surface area is 152 Å². The first-order valence-electron chi connectivity index (χ1n) is 9.11. The van der Waals surface area contributed by atoms with Gasteiger partial charge in [0.2, 0.25) is 0 Å². The Balaban J connectivity index is 1.59. The predicted molar refractivity (Wildman–Crippen MR) is 109 cm³/mol. The molecule has 124 valence electrons. The van der Waals surface area contributed by atoms with E-state index in [-0.39, 0.29) is 5.54 Å². The number of hydrogen-bond acceptors (Lipinski definition) is 1. The third-order valence-electron chi connectivity index (χ3n) is 5.81. The molecule has 1 N–H and O–H groups in total. The summed E-state index contributed by atoms with van der Waals surface area (Å²) >= 11 is 0. The molecule has 3 aromatic carbocycles. The Hall–Kier alpha value is -3.26. The topological polar surface area (TPSA) is 19.0 Å². The Bertz CT molecular complexity index is 1230. The van der Waals surface area contributed by atoms with E-state index in [9.17, 15) is 0 Å². The summed E-state index contributed by atoms with van der Waals surface area (Å²) in [7, 11) is 0. The molecule has 1 unspecified atom stereocenters. The molecular weight excluding hydrogens is 316 g/mol. The Morgan fingerprint density at radius 1 is 0.808 bits per heavy atom. The first kappa shape index (κ1) is 14.0. The van der Waals surface area contributed by atoms with Crippen LogP contribution in [0.2, 0.25) is 0 Å². The molecule has 0 saturated carbocycles. The number of nitrogens with zero attached hydrogens (tertiary/aromatic N) is 1. The molecule has 2 heteroatoms. The summed E-state index contributed by atoms with van der Waals surface area (Å²) in [6.45, 7) is 0. The maximum Gasteiger partial charge on any atom is 0.0943 e. The molecule has 1 spiro atoms. The number of aromatic nitrogens is 1. The summed E-state index contributed by atoms with van der Waals surface area (Å²) in [5.41, 5.74) is 6.31. The second-order valence-corrected chi connectivity index (χ2v) is 7.17. The van der Waals surface area contributed by atoms with E-state index in [1.54, 1.807) is 0 Å². The number of rotatable bonds is 1. The Morgan fingerprint density at radius 2 is 1.65 bits per heavy atom. The lowest BCUT2D eigenvalue weighted by atomic mass is 9.73. The van der Waals surface area contributed by atoms with E-state index < -0.39 is 0 Å². The molecule has 2 nitrogen and oxygen atoms in total. The van der Waals surface area contributed by atoms with Gasteiger partial charge in [0.15, 0.2) is 0 Å². The number of allylic oxidation sites excluding steroid dienone is 2. The molecule has 0 amide bonds. The monoisotopic (exact) mass is 334 g/mol. The second kappa shape index (κ2) is 4.89. The zero-order chi connectivity index (χ0) is 17.1. The summed E-state index contributed by atoms with van der Waals surface area (Å²) in [5.74, 6) is 0. The standard InChI is InChI=1S/C24H18N2/c1-6-14-24(15-7-1)20-9-3-5-11-23(20)26(24)17-12-13-22-19(16-17)18-8-2-4-10-21(18)25-22/h1-14,16,25H,15H2. The van der Waals surface area contributed by atoms with Crippen molar-refractivity contribution in [2.45, 2.75) is 12.0 Å². The SMILES string of the molecule is C1=CCC2(C=C1)c1ccccc1N2c1ccc2[nH]c3ccccc3c2c1. The summed E-state index contributed by atoms with van der Waals surface area (Å²) < 4.78 is 0. The zero-order valence-corrected chi connectivity index (χ0v) is 14.3. The van der Waals surface area contributed by atoms with Crippen molar-refractivity contribution in [1.82, 2.24) is 4.98 Å². The third-order valence-corrected chi connectivity index (χ3v) is 5.81. The number of H-pyrrole nitrogens is 1. The summed E-state index contributed by atoms with van der Waals surface area (Å²) in [6.07, 6.45) is 9.94. The lowest BCUT2D eigenvalue weighted by molar-refractivity contribution is 0.497. The van der Waals surface area contributed by atoms with Crippen molar-refractivity contribution < 1.29 is 0 Å². The van der Waals surface area contributed by atoms with E-state index in [2.05, 4.69) is 101 Å². The van der Waals surface area contributed by atoms with Gasteiger partial charge in [0.25, 0.3) is 0 Å². The largest absolute Gasteiger partial charge is 0.355 e. The van der Waals surface area contributed by atoms with Crippen LogP contribution in [0.3, 0.4) is 0 Å². The highest BCUT2D eigenvalue weighted by molar-refractivity contribution is 6.08. The molecule has 2 aliphatic rings.